The van der Waals surface area contributed by atoms with Crippen molar-refractivity contribution >= 4 is 0 Å². The lowest BCUT2D eigenvalue weighted by atomic mass is 9.82. The fourth-order valence-corrected chi connectivity index (χ4v) is 7.75. The van der Waals surface area contributed by atoms with Gasteiger partial charge in [-0.3, -0.25) is 0 Å². The van der Waals surface area contributed by atoms with Crippen LogP contribution in [0.15, 0.2) is 169 Å². The molecule has 0 nitrogen and oxygen atoms in total. The van der Waals surface area contributed by atoms with Gasteiger partial charge in [0.2, 0.25) is 0 Å². The molecule has 1 aliphatic rings. The van der Waals surface area contributed by atoms with Gasteiger partial charge in [-0.2, -0.15) is 0 Å². The van der Waals surface area contributed by atoms with Gasteiger partial charge in [0.25, 0.3) is 0 Å². The molecule has 0 aromatic heterocycles. The van der Waals surface area contributed by atoms with E-state index in [2.05, 4.69) is 210 Å². The van der Waals surface area contributed by atoms with Crippen molar-refractivity contribution in [3.8, 4) is 33.4 Å². The van der Waals surface area contributed by atoms with Gasteiger partial charge in [-0.25, -0.2) is 0 Å². The number of fused-ring (bicyclic) bond motifs is 3. The number of aryl methyl sites for hydroxylation is 4. The van der Waals surface area contributed by atoms with Crippen molar-refractivity contribution in [3.63, 3.8) is 0 Å². The van der Waals surface area contributed by atoms with Gasteiger partial charge in [0.05, 0.1) is 0 Å². The highest BCUT2D eigenvalue weighted by molar-refractivity contribution is 5.83. The predicted molar refractivity (Wildman–Crippen MR) is 270 cm³/mol. The molecule has 0 saturated heterocycles. The lowest BCUT2D eigenvalue weighted by Crippen LogP contribution is -2.14. The molecular weight excluding hydrogens is 721 g/mol. The number of hydrogen-bond acceptors (Lipinski definition) is 0. The van der Waals surface area contributed by atoms with E-state index >= 15 is 0 Å². The molecule has 0 spiro atoms. The Morgan fingerprint density at radius 3 is 1.88 bits per heavy atom. The predicted octanol–water partition coefficient (Wildman–Crippen LogP) is 18.2. The molecule has 1 aliphatic carbocycles. The van der Waals surface area contributed by atoms with E-state index in [1.165, 1.54) is 104 Å². The summed E-state index contributed by atoms with van der Waals surface area (Å²) < 4.78 is 0. The molecule has 0 saturated carbocycles. The second-order valence-electron chi connectivity index (χ2n) is 16.9. The summed E-state index contributed by atoms with van der Waals surface area (Å²) in [7, 11) is 0. The van der Waals surface area contributed by atoms with E-state index in [1.807, 2.05) is 26.8 Å². The maximum absolute atomic E-state index is 4.07. The van der Waals surface area contributed by atoms with E-state index in [-0.39, 0.29) is 5.41 Å². The van der Waals surface area contributed by atoms with Crippen LogP contribution in [0.2, 0.25) is 0 Å². The minimum absolute atomic E-state index is 0.148. The molecule has 0 unspecified atom stereocenters. The Labute approximate surface area is 367 Å². The molecule has 5 aromatic rings. The van der Waals surface area contributed by atoms with Crippen LogP contribution < -0.4 is 0 Å². The number of unbranched alkanes of at least 4 members (excludes halogenated alkanes) is 1. The molecule has 0 amide bonds. The summed E-state index contributed by atoms with van der Waals surface area (Å²) in [5.41, 5.74) is 21.6. The van der Waals surface area contributed by atoms with Gasteiger partial charge in [0, 0.05) is 5.41 Å². The summed E-state index contributed by atoms with van der Waals surface area (Å²) in [4.78, 5) is 0. The first-order valence-corrected chi connectivity index (χ1v) is 22.6. The van der Waals surface area contributed by atoms with Gasteiger partial charge in [0.1, 0.15) is 0 Å². The average Bonchev–Trinajstić information content (AvgIpc) is 3.48. The van der Waals surface area contributed by atoms with Crippen molar-refractivity contribution in [1.82, 2.24) is 0 Å². The van der Waals surface area contributed by atoms with Crippen molar-refractivity contribution in [1.29, 1.82) is 0 Å². The largest absolute Gasteiger partial charge is 0.0956 e. The van der Waals surface area contributed by atoms with Gasteiger partial charge < -0.3 is 0 Å². The third-order valence-corrected chi connectivity index (χ3v) is 11.4. The van der Waals surface area contributed by atoms with Gasteiger partial charge in [0.15, 0.2) is 0 Å². The molecule has 0 N–H and O–H groups in total. The highest BCUT2D eigenvalue weighted by atomic mass is 14.4. The third-order valence-electron chi connectivity index (χ3n) is 11.4. The van der Waals surface area contributed by atoms with Gasteiger partial charge in [-0.1, -0.05) is 226 Å². The minimum atomic E-state index is 0.148. The SMILES string of the molecule is C=C(/C=C(C)\C=C/C)/C(C)=C/C(=C)C(C)C.CC.CCCCc1ccccc1-c1cc(-c2ccc(C)cc2)ccc1C.CCCc1cccc2c1-c1ccccc1C2(C)C. The van der Waals surface area contributed by atoms with Crippen LogP contribution >= 0.6 is 0 Å². The highest BCUT2D eigenvalue weighted by Gasteiger charge is 2.35. The monoisotopic (exact) mass is 797 g/mol. The number of rotatable bonds is 12. The van der Waals surface area contributed by atoms with Crippen molar-refractivity contribution < 1.29 is 0 Å². The molecule has 0 aliphatic heterocycles. The van der Waals surface area contributed by atoms with E-state index in [1.54, 1.807) is 0 Å². The zero-order valence-corrected chi connectivity index (χ0v) is 39.7. The van der Waals surface area contributed by atoms with Crippen LogP contribution in [0.3, 0.4) is 0 Å². The summed E-state index contributed by atoms with van der Waals surface area (Å²) in [5.74, 6) is 0.489. The Kier molecular flexibility index (Phi) is 19.8. The maximum Gasteiger partial charge on any atom is 0.0158 e. The molecule has 60 heavy (non-hydrogen) atoms. The van der Waals surface area contributed by atoms with E-state index < -0.39 is 0 Å². The molecule has 0 bridgehead atoms. The Hall–Kier alpha value is -5.20. The molecule has 0 atom stereocenters. The van der Waals surface area contributed by atoms with Crippen LogP contribution in [-0.2, 0) is 18.3 Å². The molecule has 316 valence electrons. The zero-order valence-electron chi connectivity index (χ0n) is 39.7. The quantitative estimate of drug-likeness (QED) is 0.110. The molecule has 0 fully saturated rings. The first-order valence-electron chi connectivity index (χ1n) is 22.6. The summed E-state index contributed by atoms with van der Waals surface area (Å²) in [6, 6.07) is 40.2. The lowest BCUT2D eigenvalue weighted by Gasteiger charge is -2.21. The summed E-state index contributed by atoms with van der Waals surface area (Å²) in [5, 5.41) is 0. The zero-order chi connectivity index (χ0) is 44.4. The summed E-state index contributed by atoms with van der Waals surface area (Å²) in [6.07, 6.45) is 14.3. The van der Waals surface area contributed by atoms with Crippen LogP contribution in [0.5, 0.6) is 0 Å². The first kappa shape index (κ1) is 49.2. The average molecular weight is 797 g/mol. The van der Waals surface area contributed by atoms with E-state index in [9.17, 15) is 0 Å². The standard InChI is InChI=1S/C24H26.C18H20.C16H24.C2H6/c1-4-5-8-21-9-6-7-10-23(21)24-17-22(16-13-19(24)3)20-14-11-18(2)12-15-20;1-4-8-13-9-7-12-16-17(13)14-10-5-6-11-15(14)18(16,2)3;1-8-9-13(4)10-15(6)16(7)11-14(5)12(2)3;1-2/h6-7,9-17H,4-5,8H2,1-3H3;5-7,9-12H,4,8H2,1-3H3;8-12H,5-6H2,1-4,7H3;1-2H3/b;;9-8-,13-10-,16-11+;. The molecular formula is C60H76. The molecule has 0 radical (unpaired) electrons. The fourth-order valence-electron chi connectivity index (χ4n) is 7.75. The van der Waals surface area contributed by atoms with Gasteiger partial charge in [-0.05, 0) is 138 Å². The van der Waals surface area contributed by atoms with Crippen molar-refractivity contribution in [3.05, 3.63) is 202 Å². The smallest absolute Gasteiger partial charge is 0.0158 e. The number of hydrogen-bond donors (Lipinski definition) is 0. The first-order chi connectivity index (χ1) is 28.7. The number of allylic oxidation sites excluding steroid dienone is 8. The maximum atomic E-state index is 4.07. The van der Waals surface area contributed by atoms with Gasteiger partial charge in [-0.15, -0.1) is 0 Å². The molecule has 5 aromatic carbocycles. The highest BCUT2D eigenvalue weighted by Crippen LogP contribution is 2.50. The number of benzene rings is 5. The molecule has 0 heteroatoms. The van der Waals surface area contributed by atoms with Crippen LogP contribution in [0.1, 0.15) is 129 Å². The normalized spacial score (nSPS) is 12.6. The van der Waals surface area contributed by atoms with Crippen LogP contribution in [0, 0.1) is 19.8 Å². The van der Waals surface area contributed by atoms with E-state index in [0.29, 0.717) is 5.92 Å². The van der Waals surface area contributed by atoms with Crippen LogP contribution in [-0.4, -0.2) is 0 Å². The molecule has 6 rings (SSSR count). The second kappa shape index (κ2) is 24.2. The second-order valence-corrected chi connectivity index (χ2v) is 16.9. The van der Waals surface area contributed by atoms with E-state index in [4.69, 9.17) is 0 Å². The lowest BCUT2D eigenvalue weighted by molar-refractivity contribution is 0.659. The fraction of sp³-hybridized carbons (Fsp3) is 0.333. The van der Waals surface area contributed by atoms with E-state index in [0.717, 1.165) is 17.6 Å². The van der Waals surface area contributed by atoms with Gasteiger partial charge >= 0.3 is 0 Å². The Balaban J connectivity index is 0.000000241. The Morgan fingerprint density at radius 2 is 1.25 bits per heavy atom. The van der Waals surface area contributed by atoms with Crippen LogP contribution in [0.25, 0.3) is 33.4 Å². The van der Waals surface area contributed by atoms with Crippen molar-refractivity contribution in [2.45, 2.75) is 128 Å². The minimum Gasteiger partial charge on any atom is -0.0956 e. The van der Waals surface area contributed by atoms with Crippen LogP contribution in [0.4, 0.5) is 0 Å². The topological polar surface area (TPSA) is 0 Å². The van der Waals surface area contributed by atoms with Crippen molar-refractivity contribution in [2.24, 2.45) is 5.92 Å². The van der Waals surface area contributed by atoms with Crippen molar-refractivity contribution in [2.75, 3.05) is 0 Å². The Bertz CT molecular complexity index is 2240. The summed E-state index contributed by atoms with van der Waals surface area (Å²) >= 11 is 0. The Morgan fingerprint density at radius 1 is 0.650 bits per heavy atom. The summed E-state index contributed by atoms with van der Waals surface area (Å²) in [6.45, 7) is 36.1. The molecule has 0 heterocycles. The third kappa shape index (κ3) is 13.1.